The third-order valence-electron chi connectivity index (χ3n) is 2.82. The van der Waals surface area contributed by atoms with Gasteiger partial charge in [0.2, 0.25) is 5.91 Å². The van der Waals surface area contributed by atoms with Crippen LogP contribution in [0.3, 0.4) is 0 Å². The molecule has 0 radical (unpaired) electrons. The molecule has 0 aliphatic heterocycles. The van der Waals surface area contributed by atoms with Crippen LogP contribution in [0.5, 0.6) is 0 Å². The number of allylic oxidation sites excluding steroid dienone is 2. The number of unbranched alkanes of at least 4 members (excludes halogenated alkanes) is 1. The molecule has 0 saturated heterocycles. The molecule has 0 aromatic heterocycles. The Bertz CT molecular complexity index is 330. The minimum absolute atomic E-state index is 0.0116. The summed E-state index contributed by atoms with van der Waals surface area (Å²) in [6.45, 7) is 4.63. The molecule has 0 heterocycles. The summed E-state index contributed by atoms with van der Waals surface area (Å²) in [4.78, 5) is 24.0. The number of aliphatic hydroxyl groups is 1. The van der Waals surface area contributed by atoms with Crippen molar-refractivity contribution in [3.63, 3.8) is 0 Å². The molecule has 6 heteroatoms. The van der Waals surface area contributed by atoms with E-state index in [0.29, 0.717) is 25.9 Å². The minimum atomic E-state index is -0.891. The van der Waals surface area contributed by atoms with E-state index in [1.807, 2.05) is 6.08 Å². The Morgan fingerprint density at radius 3 is 2.48 bits per heavy atom. The zero-order valence-electron chi connectivity index (χ0n) is 13.0. The summed E-state index contributed by atoms with van der Waals surface area (Å²) in [5, 5.41) is 20.8. The van der Waals surface area contributed by atoms with Gasteiger partial charge in [0.15, 0.2) is 0 Å². The van der Waals surface area contributed by atoms with Crippen molar-refractivity contribution in [1.82, 2.24) is 10.2 Å². The lowest BCUT2D eigenvalue weighted by atomic mass is 10.2. The predicted molar refractivity (Wildman–Crippen MR) is 81.8 cm³/mol. The van der Waals surface area contributed by atoms with E-state index < -0.39 is 12.1 Å². The standard InChI is InChI=1S/C15H28N2O4/c1-3-4-5-6-7-8-14(19)16-12-17(11-13(2)18)10-9-15(20)21/h5-6,13,18H,3-4,7-12H2,1-2H3,(H,16,19)(H,20,21)/b6-5-. The average molecular weight is 300 g/mol. The zero-order chi connectivity index (χ0) is 16.1. The molecule has 0 aliphatic rings. The Balaban J connectivity index is 3.97. The lowest BCUT2D eigenvalue weighted by molar-refractivity contribution is -0.137. The van der Waals surface area contributed by atoms with Gasteiger partial charge in [0, 0.05) is 19.5 Å². The van der Waals surface area contributed by atoms with Gasteiger partial charge in [-0.25, -0.2) is 0 Å². The summed E-state index contributed by atoms with van der Waals surface area (Å²) in [7, 11) is 0. The van der Waals surface area contributed by atoms with E-state index in [0.717, 1.165) is 12.8 Å². The molecule has 0 aromatic carbocycles. The largest absolute Gasteiger partial charge is 0.481 e. The van der Waals surface area contributed by atoms with Crippen LogP contribution < -0.4 is 5.32 Å². The van der Waals surface area contributed by atoms with Gasteiger partial charge < -0.3 is 15.5 Å². The highest BCUT2D eigenvalue weighted by atomic mass is 16.4. The van der Waals surface area contributed by atoms with Gasteiger partial charge in [0.25, 0.3) is 0 Å². The van der Waals surface area contributed by atoms with Crippen molar-refractivity contribution in [2.24, 2.45) is 0 Å². The maximum Gasteiger partial charge on any atom is 0.304 e. The number of carbonyl (C=O) groups is 2. The summed E-state index contributed by atoms with van der Waals surface area (Å²) in [6.07, 6.45) is 6.75. The fourth-order valence-electron chi connectivity index (χ4n) is 1.77. The van der Waals surface area contributed by atoms with Crippen LogP contribution in [0.4, 0.5) is 0 Å². The average Bonchev–Trinajstić information content (AvgIpc) is 2.41. The lowest BCUT2D eigenvalue weighted by Crippen LogP contribution is -2.41. The van der Waals surface area contributed by atoms with Crippen LogP contribution in [0.25, 0.3) is 0 Å². The smallest absolute Gasteiger partial charge is 0.304 e. The van der Waals surface area contributed by atoms with Crippen molar-refractivity contribution in [1.29, 1.82) is 0 Å². The fourth-order valence-corrected chi connectivity index (χ4v) is 1.77. The molecule has 6 nitrogen and oxygen atoms in total. The second-order valence-corrected chi connectivity index (χ2v) is 5.13. The monoisotopic (exact) mass is 300 g/mol. The van der Waals surface area contributed by atoms with E-state index in [2.05, 4.69) is 18.3 Å². The van der Waals surface area contributed by atoms with Gasteiger partial charge in [-0.2, -0.15) is 0 Å². The van der Waals surface area contributed by atoms with Crippen LogP contribution in [0, 0.1) is 0 Å². The molecular weight excluding hydrogens is 272 g/mol. The first kappa shape index (κ1) is 19.6. The second-order valence-electron chi connectivity index (χ2n) is 5.13. The number of amides is 1. The Morgan fingerprint density at radius 1 is 1.24 bits per heavy atom. The fraction of sp³-hybridized carbons (Fsp3) is 0.733. The number of hydrogen-bond donors (Lipinski definition) is 3. The first-order valence-electron chi connectivity index (χ1n) is 7.49. The number of nitrogens with zero attached hydrogens (tertiary/aromatic N) is 1. The highest BCUT2D eigenvalue weighted by Crippen LogP contribution is 1.97. The Labute approximate surface area is 126 Å². The number of carbonyl (C=O) groups excluding carboxylic acids is 1. The van der Waals surface area contributed by atoms with Crippen LogP contribution in [-0.4, -0.2) is 52.9 Å². The Kier molecular flexibility index (Phi) is 11.5. The summed E-state index contributed by atoms with van der Waals surface area (Å²) in [5.41, 5.74) is 0. The van der Waals surface area contributed by atoms with Crippen molar-refractivity contribution in [3.05, 3.63) is 12.2 Å². The molecule has 0 fully saturated rings. The topological polar surface area (TPSA) is 89.9 Å². The molecular formula is C15H28N2O4. The van der Waals surface area contributed by atoms with Crippen LogP contribution in [0.2, 0.25) is 0 Å². The molecule has 0 rings (SSSR count). The minimum Gasteiger partial charge on any atom is -0.481 e. The molecule has 0 aromatic rings. The lowest BCUT2D eigenvalue weighted by Gasteiger charge is -2.23. The third-order valence-corrected chi connectivity index (χ3v) is 2.82. The zero-order valence-corrected chi connectivity index (χ0v) is 13.0. The quantitative estimate of drug-likeness (QED) is 0.374. The van der Waals surface area contributed by atoms with Gasteiger partial charge in [-0.1, -0.05) is 25.5 Å². The van der Waals surface area contributed by atoms with Gasteiger partial charge in [-0.05, 0) is 19.8 Å². The highest BCUT2D eigenvalue weighted by molar-refractivity contribution is 5.75. The molecule has 1 unspecified atom stereocenters. The Morgan fingerprint density at radius 2 is 1.90 bits per heavy atom. The van der Waals surface area contributed by atoms with Crippen molar-refractivity contribution >= 4 is 11.9 Å². The molecule has 0 bridgehead atoms. The van der Waals surface area contributed by atoms with Gasteiger partial charge in [-0.15, -0.1) is 0 Å². The molecule has 21 heavy (non-hydrogen) atoms. The van der Waals surface area contributed by atoms with Gasteiger partial charge in [-0.3, -0.25) is 14.5 Å². The number of aliphatic carboxylic acids is 1. The van der Waals surface area contributed by atoms with Crippen LogP contribution in [-0.2, 0) is 9.59 Å². The first-order valence-corrected chi connectivity index (χ1v) is 7.49. The number of nitrogens with one attached hydrogen (secondary N) is 1. The van der Waals surface area contributed by atoms with Gasteiger partial charge in [0.05, 0.1) is 19.2 Å². The number of carboxylic acids is 1. The maximum absolute atomic E-state index is 11.7. The van der Waals surface area contributed by atoms with Crippen molar-refractivity contribution < 1.29 is 19.8 Å². The van der Waals surface area contributed by atoms with E-state index in [9.17, 15) is 14.7 Å². The molecule has 0 aliphatic carbocycles. The van der Waals surface area contributed by atoms with Crippen LogP contribution >= 0.6 is 0 Å². The van der Waals surface area contributed by atoms with Crippen molar-refractivity contribution in [2.45, 2.75) is 52.1 Å². The Hall–Kier alpha value is -1.40. The van der Waals surface area contributed by atoms with Crippen molar-refractivity contribution in [2.75, 3.05) is 19.8 Å². The second kappa shape index (κ2) is 12.3. The van der Waals surface area contributed by atoms with E-state index >= 15 is 0 Å². The van der Waals surface area contributed by atoms with Gasteiger partial charge in [0.1, 0.15) is 0 Å². The number of hydrogen-bond acceptors (Lipinski definition) is 4. The molecule has 1 amide bonds. The van der Waals surface area contributed by atoms with E-state index in [1.165, 1.54) is 0 Å². The highest BCUT2D eigenvalue weighted by Gasteiger charge is 2.11. The summed E-state index contributed by atoms with van der Waals surface area (Å²) >= 11 is 0. The SMILES string of the molecule is CCC/C=C\CCC(=O)NCN(CCC(=O)O)CC(C)O. The normalized spacial score (nSPS) is 12.8. The molecule has 0 spiro atoms. The van der Waals surface area contributed by atoms with Crippen LogP contribution in [0.1, 0.15) is 46.0 Å². The summed E-state index contributed by atoms with van der Waals surface area (Å²) in [5.74, 6) is -0.958. The molecule has 3 N–H and O–H groups in total. The van der Waals surface area contributed by atoms with E-state index in [4.69, 9.17) is 5.11 Å². The molecule has 0 saturated carbocycles. The van der Waals surface area contributed by atoms with Crippen molar-refractivity contribution in [3.8, 4) is 0 Å². The number of aliphatic hydroxyl groups excluding tert-OH is 1. The number of rotatable bonds is 12. The van der Waals surface area contributed by atoms with E-state index in [-0.39, 0.29) is 19.0 Å². The maximum atomic E-state index is 11.7. The summed E-state index contributed by atoms with van der Waals surface area (Å²) in [6, 6.07) is 0. The molecule has 1 atom stereocenters. The summed E-state index contributed by atoms with van der Waals surface area (Å²) < 4.78 is 0. The first-order chi connectivity index (χ1) is 9.95. The predicted octanol–water partition coefficient (Wildman–Crippen LogP) is 1.35. The number of carboxylic acid groups (broad SMARTS) is 1. The van der Waals surface area contributed by atoms with Gasteiger partial charge >= 0.3 is 5.97 Å². The third kappa shape index (κ3) is 13.3. The van der Waals surface area contributed by atoms with E-state index in [1.54, 1.807) is 11.8 Å². The van der Waals surface area contributed by atoms with Crippen LogP contribution in [0.15, 0.2) is 12.2 Å². The molecule has 122 valence electrons.